The number of ether oxygens (including phenoxy) is 1. The quantitative estimate of drug-likeness (QED) is 0.865. The lowest BCUT2D eigenvalue weighted by atomic mass is 10.2. The Labute approximate surface area is 117 Å². The first-order valence-corrected chi connectivity index (χ1v) is 7.40. The van der Waals surface area contributed by atoms with Gasteiger partial charge in [0.25, 0.3) is 0 Å². The van der Waals surface area contributed by atoms with Crippen LogP contribution in [0.4, 0.5) is 0 Å². The van der Waals surface area contributed by atoms with Crippen LogP contribution in [0, 0.1) is 13.8 Å². The SMILES string of the molecule is Cc1nc(CN2CCOC(c3cccs3)C2)c(C)o1. The van der Waals surface area contributed by atoms with Gasteiger partial charge in [0.1, 0.15) is 11.9 Å². The average Bonchev–Trinajstić information content (AvgIpc) is 3.01. The lowest BCUT2D eigenvalue weighted by Gasteiger charge is -2.32. The maximum atomic E-state index is 5.85. The zero-order chi connectivity index (χ0) is 13.2. The summed E-state index contributed by atoms with van der Waals surface area (Å²) in [7, 11) is 0. The van der Waals surface area contributed by atoms with Crippen molar-refractivity contribution in [2.24, 2.45) is 0 Å². The van der Waals surface area contributed by atoms with Crippen LogP contribution in [0.5, 0.6) is 0 Å². The van der Waals surface area contributed by atoms with Crippen molar-refractivity contribution in [2.75, 3.05) is 19.7 Å². The molecule has 0 aromatic carbocycles. The van der Waals surface area contributed by atoms with Gasteiger partial charge in [-0.25, -0.2) is 4.98 Å². The second-order valence-electron chi connectivity index (χ2n) is 4.85. The van der Waals surface area contributed by atoms with Crippen molar-refractivity contribution in [3.8, 4) is 0 Å². The average molecular weight is 278 g/mol. The van der Waals surface area contributed by atoms with Gasteiger partial charge in [0.2, 0.25) is 0 Å². The fraction of sp³-hybridized carbons (Fsp3) is 0.500. The van der Waals surface area contributed by atoms with Gasteiger partial charge in [-0.15, -0.1) is 11.3 Å². The van der Waals surface area contributed by atoms with E-state index < -0.39 is 0 Å². The van der Waals surface area contributed by atoms with Crippen LogP contribution in [0.15, 0.2) is 21.9 Å². The summed E-state index contributed by atoms with van der Waals surface area (Å²) < 4.78 is 11.3. The Morgan fingerprint density at radius 1 is 1.47 bits per heavy atom. The minimum atomic E-state index is 0.196. The van der Waals surface area contributed by atoms with Crippen molar-refractivity contribution in [2.45, 2.75) is 26.5 Å². The Kier molecular flexibility index (Phi) is 3.68. The highest BCUT2D eigenvalue weighted by Crippen LogP contribution is 2.27. The molecule has 1 aliphatic heterocycles. The number of aromatic nitrogens is 1. The number of hydrogen-bond acceptors (Lipinski definition) is 5. The van der Waals surface area contributed by atoms with Gasteiger partial charge in [-0.2, -0.15) is 0 Å². The fourth-order valence-electron chi connectivity index (χ4n) is 2.42. The Hall–Kier alpha value is -1.17. The van der Waals surface area contributed by atoms with Gasteiger partial charge in [-0.1, -0.05) is 6.07 Å². The Balaban J connectivity index is 1.67. The first kappa shape index (κ1) is 12.8. The molecule has 0 radical (unpaired) electrons. The van der Waals surface area contributed by atoms with Gasteiger partial charge < -0.3 is 9.15 Å². The molecule has 0 spiro atoms. The standard InChI is InChI=1S/C14H18N2O2S/c1-10-12(15-11(2)18-10)8-16-5-6-17-13(9-16)14-4-3-7-19-14/h3-4,7,13H,5-6,8-9H2,1-2H3. The van der Waals surface area contributed by atoms with Gasteiger partial charge in [-0.3, -0.25) is 4.90 Å². The van der Waals surface area contributed by atoms with Crippen LogP contribution in [-0.4, -0.2) is 29.6 Å². The molecular formula is C14H18N2O2S. The lowest BCUT2D eigenvalue weighted by molar-refractivity contribution is -0.0315. The summed E-state index contributed by atoms with van der Waals surface area (Å²) in [6.45, 7) is 7.36. The Morgan fingerprint density at radius 2 is 2.37 bits per heavy atom. The number of morpholine rings is 1. The molecule has 0 N–H and O–H groups in total. The summed E-state index contributed by atoms with van der Waals surface area (Å²) in [6.07, 6.45) is 0.196. The third-order valence-corrected chi connectivity index (χ3v) is 4.35. The Morgan fingerprint density at radius 3 is 3.05 bits per heavy atom. The first-order valence-electron chi connectivity index (χ1n) is 6.52. The lowest BCUT2D eigenvalue weighted by Crippen LogP contribution is -2.37. The van der Waals surface area contributed by atoms with E-state index in [0.29, 0.717) is 0 Å². The first-order chi connectivity index (χ1) is 9.22. The van der Waals surface area contributed by atoms with Gasteiger partial charge in [0, 0.05) is 31.4 Å². The second kappa shape index (κ2) is 5.45. The number of hydrogen-bond donors (Lipinski definition) is 0. The minimum Gasteiger partial charge on any atom is -0.446 e. The minimum absolute atomic E-state index is 0.196. The van der Waals surface area contributed by atoms with Crippen molar-refractivity contribution in [3.63, 3.8) is 0 Å². The van der Waals surface area contributed by atoms with Crippen molar-refractivity contribution in [3.05, 3.63) is 39.7 Å². The summed E-state index contributed by atoms with van der Waals surface area (Å²) in [5.74, 6) is 1.67. The topological polar surface area (TPSA) is 38.5 Å². The molecule has 1 atom stereocenters. The zero-order valence-electron chi connectivity index (χ0n) is 11.3. The van der Waals surface area contributed by atoms with E-state index in [2.05, 4.69) is 27.4 Å². The summed E-state index contributed by atoms with van der Waals surface area (Å²) in [5.41, 5.74) is 1.05. The molecule has 1 unspecified atom stereocenters. The normalized spacial score (nSPS) is 20.8. The highest BCUT2D eigenvalue weighted by Gasteiger charge is 2.23. The van der Waals surface area contributed by atoms with Gasteiger partial charge in [0.15, 0.2) is 5.89 Å². The van der Waals surface area contributed by atoms with Crippen LogP contribution in [0.1, 0.15) is 28.3 Å². The molecule has 0 aliphatic carbocycles. The summed E-state index contributed by atoms with van der Waals surface area (Å²) in [6, 6.07) is 4.22. The van der Waals surface area contributed by atoms with Crippen molar-refractivity contribution >= 4 is 11.3 Å². The van der Waals surface area contributed by atoms with Gasteiger partial charge in [0.05, 0.1) is 12.3 Å². The third kappa shape index (κ3) is 2.88. The largest absolute Gasteiger partial charge is 0.446 e. The molecule has 5 heteroatoms. The fourth-order valence-corrected chi connectivity index (χ4v) is 3.19. The van der Waals surface area contributed by atoms with E-state index >= 15 is 0 Å². The van der Waals surface area contributed by atoms with Gasteiger partial charge in [-0.05, 0) is 18.4 Å². The van der Waals surface area contributed by atoms with E-state index in [1.165, 1.54) is 4.88 Å². The highest BCUT2D eigenvalue weighted by molar-refractivity contribution is 7.10. The second-order valence-corrected chi connectivity index (χ2v) is 5.83. The number of aryl methyl sites for hydroxylation is 2. The summed E-state index contributed by atoms with van der Waals surface area (Å²) >= 11 is 1.76. The smallest absolute Gasteiger partial charge is 0.191 e. The number of nitrogens with zero attached hydrogens (tertiary/aromatic N) is 2. The molecule has 0 amide bonds. The van der Waals surface area contributed by atoms with E-state index in [9.17, 15) is 0 Å². The maximum absolute atomic E-state index is 5.85. The number of thiophene rings is 1. The molecule has 19 heavy (non-hydrogen) atoms. The van der Waals surface area contributed by atoms with Crippen LogP contribution >= 0.6 is 11.3 Å². The van der Waals surface area contributed by atoms with Gasteiger partial charge >= 0.3 is 0 Å². The number of oxazole rings is 1. The molecule has 1 saturated heterocycles. The molecule has 1 fully saturated rings. The molecule has 102 valence electrons. The predicted octanol–water partition coefficient (Wildman–Crippen LogP) is 2.93. The monoisotopic (exact) mass is 278 g/mol. The van der Waals surface area contributed by atoms with Crippen molar-refractivity contribution in [1.82, 2.24) is 9.88 Å². The summed E-state index contributed by atoms with van der Waals surface area (Å²) in [5, 5.41) is 2.10. The molecule has 2 aromatic rings. The highest BCUT2D eigenvalue weighted by atomic mass is 32.1. The molecular weight excluding hydrogens is 260 g/mol. The van der Waals surface area contributed by atoms with Crippen LogP contribution in [0.3, 0.4) is 0 Å². The van der Waals surface area contributed by atoms with E-state index in [1.54, 1.807) is 11.3 Å². The van der Waals surface area contributed by atoms with Crippen LogP contribution in [0.25, 0.3) is 0 Å². The van der Waals surface area contributed by atoms with Crippen LogP contribution in [0.2, 0.25) is 0 Å². The molecule has 1 aliphatic rings. The predicted molar refractivity (Wildman–Crippen MR) is 74.3 cm³/mol. The Bertz CT molecular complexity index is 536. The van der Waals surface area contributed by atoms with Crippen molar-refractivity contribution < 1.29 is 9.15 Å². The number of rotatable bonds is 3. The van der Waals surface area contributed by atoms with Crippen LogP contribution < -0.4 is 0 Å². The molecule has 3 heterocycles. The summed E-state index contributed by atoms with van der Waals surface area (Å²) in [4.78, 5) is 8.14. The molecule has 2 aromatic heterocycles. The molecule has 0 saturated carbocycles. The van der Waals surface area contributed by atoms with E-state index in [4.69, 9.17) is 9.15 Å². The molecule has 4 nitrogen and oxygen atoms in total. The zero-order valence-corrected chi connectivity index (χ0v) is 12.1. The van der Waals surface area contributed by atoms with E-state index in [-0.39, 0.29) is 6.10 Å². The third-order valence-electron chi connectivity index (χ3n) is 3.38. The van der Waals surface area contributed by atoms with Crippen LogP contribution in [-0.2, 0) is 11.3 Å². The molecule has 0 bridgehead atoms. The maximum Gasteiger partial charge on any atom is 0.191 e. The van der Waals surface area contributed by atoms with E-state index in [1.807, 2.05) is 13.8 Å². The molecule has 3 rings (SSSR count). The van der Waals surface area contributed by atoms with E-state index in [0.717, 1.165) is 43.6 Å². The van der Waals surface area contributed by atoms with Crippen molar-refractivity contribution in [1.29, 1.82) is 0 Å².